The summed E-state index contributed by atoms with van der Waals surface area (Å²) in [6.07, 6.45) is 7.47. The minimum atomic E-state index is -1.46. The molecule has 2 aliphatic heterocycles. The molecule has 2 unspecified atom stereocenters. The Balaban J connectivity index is 1.42. The monoisotopic (exact) mass is 605 g/mol. The van der Waals surface area contributed by atoms with Crippen LogP contribution < -0.4 is 5.32 Å². The number of hydrazone groups is 1. The van der Waals surface area contributed by atoms with Crippen LogP contribution in [0.2, 0.25) is 0 Å². The van der Waals surface area contributed by atoms with Gasteiger partial charge in [0, 0.05) is 17.3 Å². The summed E-state index contributed by atoms with van der Waals surface area (Å²) in [4.78, 5) is 53.3. The summed E-state index contributed by atoms with van der Waals surface area (Å²) in [5.41, 5.74) is 2.17. The highest BCUT2D eigenvalue weighted by molar-refractivity contribution is 6.08. The number of furan rings is 2. The molecule has 0 spiro atoms. The Labute approximate surface area is 254 Å². The van der Waals surface area contributed by atoms with Crippen molar-refractivity contribution in [3.63, 3.8) is 0 Å². The van der Waals surface area contributed by atoms with Crippen molar-refractivity contribution in [3.8, 4) is 0 Å². The Morgan fingerprint density at radius 3 is 2.23 bits per heavy atom. The largest absolute Gasteiger partial charge is 0.467 e. The number of amides is 1. The number of hydrogen-bond acceptors (Lipinski definition) is 11. The third kappa shape index (κ3) is 5.97. The van der Waals surface area contributed by atoms with E-state index >= 15 is 0 Å². The highest BCUT2D eigenvalue weighted by Crippen LogP contribution is 2.44. The van der Waals surface area contributed by atoms with Gasteiger partial charge >= 0.3 is 17.9 Å². The van der Waals surface area contributed by atoms with Crippen LogP contribution in [-0.4, -0.2) is 54.4 Å². The molecule has 2 atom stereocenters. The van der Waals surface area contributed by atoms with Crippen LogP contribution in [0.4, 0.5) is 0 Å². The molecule has 4 heterocycles. The number of carbonyl (C=O) groups excluding carboxylic acids is 4. The fourth-order valence-corrected chi connectivity index (χ4v) is 5.96. The average Bonchev–Trinajstić information content (AvgIpc) is 3.77. The van der Waals surface area contributed by atoms with E-state index in [0.717, 1.165) is 30.5 Å². The fraction of sp³-hybridized carbons (Fsp3) is 0.406. The molecule has 1 saturated carbocycles. The van der Waals surface area contributed by atoms with Crippen LogP contribution in [0.3, 0.4) is 0 Å². The van der Waals surface area contributed by atoms with Crippen LogP contribution in [0, 0.1) is 11.8 Å². The number of nitrogens with one attached hydrogen (secondary N) is 1. The van der Waals surface area contributed by atoms with Gasteiger partial charge < -0.3 is 28.4 Å². The molecule has 0 bridgehead atoms. The van der Waals surface area contributed by atoms with Crippen molar-refractivity contribution in [1.82, 2.24) is 10.3 Å². The van der Waals surface area contributed by atoms with E-state index in [9.17, 15) is 19.2 Å². The number of esters is 3. The molecule has 1 aliphatic carbocycles. The van der Waals surface area contributed by atoms with Crippen molar-refractivity contribution in [1.29, 1.82) is 0 Å². The Hall–Kier alpha value is -4.87. The molecule has 2 aromatic heterocycles. The molecule has 0 aromatic carbocycles. The lowest BCUT2D eigenvalue weighted by Gasteiger charge is -2.29. The molecule has 2 aromatic rings. The van der Waals surface area contributed by atoms with Crippen LogP contribution in [0.15, 0.2) is 78.8 Å². The molecule has 232 valence electrons. The van der Waals surface area contributed by atoms with E-state index in [-0.39, 0.29) is 30.3 Å². The zero-order chi connectivity index (χ0) is 31.4. The maximum Gasteiger partial charge on any atom is 0.337 e. The normalized spacial score (nSPS) is 21.1. The van der Waals surface area contributed by atoms with Gasteiger partial charge in [0.05, 0.1) is 42.6 Å². The minimum Gasteiger partial charge on any atom is -0.467 e. The van der Waals surface area contributed by atoms with E-state index in [4.69, 9.17) is 28.1 Å². The molecular formula is C32H35N3O9. The Bertz CT molecular complexity index is 1510. The number of fused-ring (bicyclic) bond motifs is 1. The lowest BCUT2D eigenvalue weighted by molar-refractivity contribution is -0.157. The van der Waals surface area contributed by atoms with Gasteiger partial charge in [-0.25, -0.2) is 14.6 Å². The van der Waals surface area contributed by atoms with Crippen LogP contribution in [-0.2, 0) is 33.4 Å². The molecule has 5 rings (SSSR count). The topological polar surface area (TPSA) is 150 Å². The third-order valence-corrected chi connectivity index (χ3v) is 7.78. The number of allylic oxidation sites excluding steroid dienone is 3. The second-order valence-electron chi connectivity index (χ2n) is 10.6. The SMILES string of the molecule is CCOC(=O)C1=C(C)NC(C)=C(C(=O)OCC)C1C(=O)OCC(=O)N1N=C2C(=Cc3ccco3)CCCC2C1c1ccco1. The second kappa shape index (κ2) is 13.2. The lowest BCUT2D eigenvalue weighted by Crippen LogP contribution is -2.40. The summed E-state index contributed by atoms with van der Waals surface area (Å²) in [5.74, 6) is -3.50. The first-order chi connectivity index (χ1) is 21.2. The lowest BCUT2D eigenvalue weighted by atomic mass is 9.79. The van der Waals surface area contributed by atoms with Crippen LogP contribution in [0.25, 0.3) is 6.08 Å². The molecule has 1 N–H and O–H groups in total. The van der Waals surface area contributed by atoms with Crippen molar-refractivity contribution in [2.45, 2.75) is 53.0 Å². The molecule has 44 heavy (non-hydrogen) atoms. The molecule has 12 heteroatoms. The van der Waals surface area contributed by atoms with Gasteiger partial charge in [-0.2, -0.15) is 5.10 Å². The van der Waals surface area contributed by atoms with Gasteiger partial charge in [-0.05, 0) is 82.9 Å². The van der Waals surface area contributed by atoms with Crippen molar-refractivity contribution < 1.29 is 42.2 Å². The molecule has 0 radical (unpaired) electrons. The van der Waals surface area contributed by atoms with Crippen molar-refractivity contribution in [2.24, 2.45) is 16.9 Å². The average molecular weight is 606 g/mol. The maximum atomic E-state index is 13.7. The van der Waals surface area contributed by atoms with E-state index in [0.29, 0.717) is 22.9 Å². The van der Waals surface area contributed by atoms with E-state index in [2.05, 4.69) is 5.32 Å². The van der Waals surface area contributed by atoms with Crippen LogP contribution >= 0.6 is 0 Å². The number of dihydropyridines is 1. The number of ether oxygens (including phenoxy) is 3. The van der Waals surface area contributed by atoms with E-state index in [1.54, 1.807) is 52.2 Å². The third-order valence-electron chi connectivity index (χ3n) is 7.78. The van der Waals surface area contributed by atoms with E-state index in [1.807, 2.05) is 12.1 Å². The van der Waals surface area contributed by atoms with Gasteiger partial charge in [-0.1, -0.05) is 0 Å². The first kappa shape index (κ1) is 30.6. The summed E-state index contributed by atoms with van der Waals surface area (Å²) in [6, 6.07) is 6.64. The summed E-state index contributed by atoms with van der Waals surface area (Å²) in [6.45, 7) is 5.85. The van der Waals surface area contributed by atoms with Gasteiger partial charge in [0.1, 0.15) is 23.5 Å². The summed E-state index contributed by atoms with van der Waals surface area (Å²) in [7, 11) is 0. The molecule has 0 saturated heterocycles. The van der Waals surface area contributed by atoms with Crippen LogP contribution in [0.5, 0.6) is 0 Å². The Morgan fingerprint density at radius 2 is 1.64 bits per heavy atom. The summed E-state index contributed by atoms with van der Waals surface area (Å²) >= 11 is 0. The van der Waals surface area contributed by atoms with Crippen molar-refractivity contribution in [2.75, 3.05) is 19.8 Å². The van der Waals surface area contributed by atoms with Gasteiger partial charge in [0.25, 0.3) is 5.91 Å². The number of hydrogen-bond donors (Lipinski definition) is 1. The molecule has 1 amide bonds. The van der Waals surface area contributed by atoms with Gasteiger partial charge in [-0.3, -0.25) is 9.59 Å². The Kier molecular flexibility index (Phi) is 9.17. The van der Waals surface area contributed by atoms with Gasteiger partial charge in [0.2, 0.25) is 0 Å². The molecule has 1 fully saturated rings. The van der Waals surface area contributed by atoms with Gasteiger partial charge in [-0.15, -0.1) is 0 Å². The predicted molar refractivity (Wildman–Crippen MR) is 156 cm³/mol. The zero-order valence-electron chi connectivity index (χ0n) is 25.1. The molecule has 3 aliphatic rings. The van der Waals surface area contributed by atoms with Gasteiger partial charge in [0.15, 0.2) is 6.61 Å². The van der Waals surface area contributed by atoms with Crippen LogP contribution in [0.1, 0.15) is 64.5 Å². The van der Waals surface area contributed by atoms with Crippen molar-refractivity contribution >= 4 is 35.6 Å². The minimum absolute atomic E-state index is 0.0499. The molecular weight excluding hydrogens is 570 g/mol. The first-order valence-corrected chi connectivity index (χ1v) is 14.6. The number of rotatable bonds is 9. The summed E-state index contributed by atoms with van der Waals surface area (Å²) < 4.78 is 27.1. The van der Waals surface area contributed by atoms with E-state index in [1.165, 1.54) is 11.3 Å². The Morgan fingerprint density at radius 1 is 0.977 bits per heavy atom. The zero-order valence-corrected chi connectivity index (χ0v) is 25.1. The number of nitrogens with zero attached hydrogens (tertiary/aromatic N) is 2. The fourth-order valence-electron chi connectivity index (χ4n) is 5.96. The number of carbonyl (C=O) groups is 4. The first-order valence-electron chi connectivity index (χ1n) is 14.6. The second-order valence-corrected chi connectivity index (χ2v) is 10.6. The maximum absolute atomic E-state index is 13.7. The summed E-state index contributed by atoms with van der Waals surface area (Å²) in [5, 5.41) is 8.98. The quantitative estimate of drug-likeness (QED) is 0.321. The van der Waals surface area contributed by atoms with E-state index < -0.39 is 42.4 Å². The highest BCUT2D eigenvalue weighted by atomic mass is 16.5. The standard InChI is InChI=1S/C32H35N3O9/c1-5-40-30(37)25-18(3)33-19(4)26(31(38)41-6-2)27(25)32(39)44-17-24(36)35-29(23-13-9-15-43-23)22-12-7-10-20(28(22)34-35)16-21-11-8-14-42-21/h8-9,11,13-16,22,27,29,33H,5-7,10,12,17H2,1-4H3. The van der Waals surface area contributed by atoms with Crippen molar-refractivity contribution in [3.05, 3.63) is 76.4 Å². The smallest absolute Gasteiger partial charge is 0.337 e. The molecule has 12 nitrogen and oxygen atoms in total. The highest BCUT2D eigenvalue weighted by Gasteiger charge is 2.46. The predicted octanol–water partition coefficient (Wildman–Crippen LogP) is 4.43.